The van der Waals surface area contributed by atoms with Gasteiger partial charge in [-0.05, 0) is 6.42 Å². The predicted molar refractivity (Wildman–Crippen MR) is 64.5 cm³/mol. The lowest BCUT2D eigenvalue weighted by molar-refractivity contribution is -0.123. The summed E-state index contributed by atoms with van der Waals surface area (Å²) < 4.78 is 2.01. The van der Waals surface area contributed by atoms with Crippen molar-refractivity contribution < 1.29 is 4.79 Å². The Morgan fingerprint density at radius 3 is 3.18 bits per heavy atom. The van der Waals surface area contributed by atoms with Gasteiger partial charge in [-0.15, -0.1) is 0 Å². The number of aryl methyl sites for hydroxylation is 1. The number of nitrogens with one attached hydrogen (secondary N) is 3. The minimum Gasteiger partial charge on any atom is -0.355 e. The number of hydrogen-bond acceptors (Lipinski definition) is 4. The van der Waals surface area contributed by atoms with Crippen LogP contribution >= 0.6 is 0 Å². The number of piperazine rings is 1. The van der Waals surface area contributed by atoms with Gasteiger partial charge in [-0.1, -0.05) is 0 Å². The lowest BCUT2D eigenvalue weighted by Gasteiger charge is -2.23. The molecular formula is C11H19N5O. The summed E-state index contributed by atoms with van der Waals surface area (Å²) in [6.45, 7) is 4.09. The Balaban J connectivity index is 1.59. The molecule has 0 spiro atoms. The van der Waals surface area contributed by atoms with Crippen molar-refractivity contribution in [3.05, 3.63) is 18.7 Å². The molecule has 1 saturated heterocycles. The largest absolute Gasteiger partial charge is 0.355 e. The van der Waals surface area contributed by atoms with E-state index >= 15 is 0 Å². The van der Waals surface area contributed by atoms with E-state index in [0.717, 1.165) is 26.1 Å². The molecule has 0 aromatic carbocycles. The maximum atomic E-state index is 11.7. The molecule has 0 saturated carbocycles. The summed E-state index contributed by atoms with van der Waals surface area (Å²) in [6, 6.07) is -0.0861. The van der Waals surface area contributed by atoms with Crippen LogP contribution in [0, 0.1) is 0 Å². The molecule has 1 fully saturated rings. The normalized spacial score (nSPS) is 20.1. The van der Waals surface area contributed by atoms with Crippen LogP contribution in [0.4, 0.5) is 0 Å². The highest BCUT2D eigenvalue weighted by Gasteiger charge is 2.19. The molecule has 0 radical (unpaired) electrons. The molecule has 0 bridgehead atoms. The van der Waals surface area contributed by atoms with E-state index in [4.69, 9.17) is 0 Å². The van der Waals surface area contributed by atoms with Gasteiger partial charge in [0.05, 0.1) is 12.4 Å². The Morgan fingerprint density at radius 1 is 1.53 bits per heavy atom. The first kappa shape index (κ1) is 12.1. The van der Waals surface area contributed by atoms with Crippen LogP contribution in [0.3, 0.4) is 0 Å². The molecule has 17 heavy (non-hydrogen) atoms. The van der Waals surface area contributed by atoms with Crippen LogP contribution in [0.5, 0.6) is 0 Å². The fourth-order valence-electron chi connectivity index (χ4n) is 1.85. The van der Waals surface area contributed by atoms with Gasteiger partial charge in [-0.25, -0.2) is 4.98 Å². The van der Waals surface area contributed by atoms with Crippen molar-refractivity contribution in [1.29, 1.82) is 0 Å². The average Bonchev–Trinajstić information content (AvgIpc) is 2.88. The number of hydrogen-bond donors (Lipinski definition) is 3. The maximum Gasteiger partial charge on any atom is 0.238 e. The third kappa shape index (κ3) is 3.83. The van der Waals surface area contributed by atoms with Gasteiger partial charge in [0.2, 0.25) is 5.91 Å². The van der Waals surface area contributed by atoms with E-state index in [-0.39, 0.29) is 11.9 Å². The van der Waals surface area contributed by atoms with E-state index in [0.29, 0.717) is 13.1 Å². The topological polar surface area (TPSA) is 71.0 Å². The summed E-state index contributed by atoms with van der Waals surface area (Å²) in [4.78, 5) is 15.7. The first-order chi connectivity index (χ1) is 8.36. The third-order valence-electron chi connectivity index (χ3n) is 2.81. The van der Waals surface area contributed by atoms with Gasteiger partial charge in [0, 0.05) is 45.1 Å². The Morgan fingerprint density at radius 2 is 2.47 bits per heavy atom. The fourth-order valence-corrected chi connectivity index (χ4v) is 1.85. The van der Waals surface area contributed by atoms with Gasteiger partial charge in [-0.2, -0.15) is 0 Å². The highest BCUT2D eigenvalue weighted by Crippen LogP contribution is 1.91. The second-order valence-corrected chi connectivity index (χ2v) is 4.16. The van der Waals surface area contributed by atoms with Crippen molar-refractivity contribution in [2.75, 3.05) is 26.2 Å². The smallest absolute Gasteiger partial charge is 0.238 e. The number of imidazole rings is 1. The van der Waals surface area contributed by atoms with Gasteiger partial charge in [0.1, 0.15) is 0 Å². The first-order valence-corrected chi connectivity index (χ1v) is 6.04. The van der Waals surface area contributed by atoms with Crippen LogP contribution in [0.25, 0.3) is 0 Å². The van der Waals surface area contributed by atoms with Crippen LogP contribution < -0.4 is 16.0 Å². The summed E-state index contributed by atoms with van der Waals surface area (Å²) in [7, 11) is 0. The van der Waals surface area contributed by atoms with Crippen molar-refractivity contribution in [3.63, 3.8) is 0 Å². The standard InChI is InChI=1S/C11H19N5O/c17-11(10-8-12-3-4-14-10)15-2-1-6-16-7-5-13-9-16/h5,7,9-10,12,14H,1-4,6,8H2,(H,15,17). The lowest BCUT2D eigenvalue weighted by Crippen LogP contribution is -2.55. The zero-order valence-electron chi connectivity index (χ0n) is 9.85. The number of carbonyl (C=O) groups excluding carboxylic acids is 1. The zero-order valence-corrected chi connectivity index (χ0v) is 9.85. The minimum atomic E-state index is -0.0861. The maximum absolute atomic E-state index is 11.7. The van der Waals surface area contributed by atoms with Crippen molar-refractivity contribution >= 4 is 5.91 Å². The van der Waals surface area contributed by atoms with Crippen molar-refractivity contribution in [1.82, 2.24) is 25.5 Å². The molecule has 1 unspecified atom stereocenters. The lowest BCUT2D eigenvalue weighted by atomic mass is 10.2. The Kier molecular flexibility index (Phi) is 4.52. The van der Waals surface area contributed by atoms with Crippen molar-refractivity contribution in [2.24, 2.45) is 0 Å². The van der Waals surface area contributed by atoms with Gasteiger partial charge >= 0.3 is 0 Å². The number of nitrogens with zero attached hydrogens (tertiary/aromatic N) is 2. The molecule has 6 nitrogen and oxygen atoms in total. The molecule has 0 aliphatic carbocycles. The summed E-state index contributed by atoms with van der Waals surface area (Å²) in [6.07, 6.45) is 6.39. The first-order valence-electron chi connectivity index (χ1n) is 6.04. The quantitative estimate of drug-likeness (QED) is 0.572. The average molecular weight is 237 g/mol. The highest BCUT2D eigenvalue weighted by molar-refractivity contribution is 5.82. The predicted octanol–water partition coefficient (Wildman–Crippen LogP) is -1.05. The summed E-state index contributed by atoms with van der Waals surface area (Å²) in [5.74, 6) is 0.0860. The molecule has 2 rings (SSSR count). The van der Waals surface area contributed by atoms with Crippen LogP contribution in [0.2, 0.25) is 0 Å². The number of rotatable bonds is 5. The number of carbonyl (C=O) groups is 1. The summed E-state index contributed by atoms with van der Waals surface area (Å²) in [5.41, 5.74) is 0. The summed E-state index contributed by atoms with van der Waals surface area (Å²) in [5, 5.41) is 9.32. The molecule has 94 valence electrons. The number of amides is 1. The molecule has 1 atom stereocenters. The van der Waals surface area contributed by atoms with Gasteiger partial charge in [0.25, 0.3) is 0 Å². The van der Waals surface area contributed by atoms with E-state index in [1.165, 1.54) is 0 Å². The van der Waals surface area contributed by atoms with Crippen LogP contribution in [0.15, 0.2) is 18.7 Å². The number of aromatic nitrogens is 2. The van der Waals surface area contributed by atoms with E-state index < -0.39 is 0 Å². The molecule has 1 amide bonds. The van der Waals surface area contributed by atoms with E-state index in [1.54, 1.807) is 12.5 Å². The SMILES string of the molecule is O=C(NCCCn1ccnc1)C1CNCCN1. The molecule has 1 aromatic heterocycles. The molecule has 1 aromatic rings. The Labute approximate surface area is 101 Å². The third-order valence-corrected chi connectivity index (χ3v) is 2.81. The molecular weight excluding hydrogens is 218 g/mol. The molecule has 6 heteroatoms. The summed E-state index contributed by atoms with van der Waals surface area (Å²) >= 11 is 0. The van der Waals surface area contributed by atoms with E-state index in [9.17, 15) is 4.79 Å². The second-order valence-electron chi connectivity index (χ2n) is 4.16. The van der Waals surface area contributed by atoms with Crippen LogP contribution in [-0.4, -0.2) is 47.7 Å². The Hall–Kier alpha value is -1.40. The molecule has 3 N–H and O–H groups in total. The Bertz CT molecular complexity index is 332. The highest BCUT2D eigenvalue weighted by atomic mass is 16.2. The molecule has 1 aliphatic heterocycles. The monoisotopic (exact) mass is 237 g/mol. The van der Waals surface area contributed by atoms with E-state index in [2.05, 4.69) is 20.9 Å². The van der Waals surface area contributed by atoms with Crippen molar-refractivity contribution in [2.45, 2.75) is 19.0 Å². The minimum absolute atomic E-state index is 0.0860. The molecule has 2 heterocycles. The second kappa shape index (κ2) is 6.36. The van der Waals surface area contributed by atoms with E-state index in [1.807, 2.05) is 10.8 Å². The van der Waals surface area contributed by atoms with Gasteiger partial charge in [0.15, 0.2) is 0 Å². The zero-order chi connectivity index (χ0) is 11.9. The van der Waals surface area contributed by atoms with Crippen LogP contribution in [-0.2, 0) is 11.3 Å². The fraction of sp³-hybridized carbons (Fsp3) is 0.636. The molecule has 1 aliphatic rings. The van der Waals surface area contributed by atoms with Gasteiger partial charge in [-0.3, -0.25) is 4.79 Å². The van der Waals surface area contributed by atoms with Crippen LogP contribution in [0.1, 0.15) is 6.42 Å². The van der Waals surface area contributed by atoms with Gasteiger partial charge < -0.3 is 20.5 Å². The van der Waals surface area contributed by atoms with Crippen molar-refractivity contribution in [3.8, 4) is 0 Å².